The van der Waals surface area contributed by atoms with Crippen LogP contribution >= 0.6 is 15.9 Å². The normalized spacial score (nSPS) is 10.2. The molecule has 0 unspecified atom stereocenters. The molecule has 0 fully saturated rings. The standard InChI is InChI=1S/C11H12BrFO/c1-2-10(14)5-3-8-7-9(13)4-6-11(8)12/h4,6-7H,2-3,5H2,1H3. The number of halogens is 2. The number of hydrogen-bond acceptors (Lipinski definition) is 1. The van der Waals surface area contributed by atoms with Gasteiger partial charge in [0.2, 0.25) is 0 Å². The van der Waals surface area contributed by atoms with Gasteiger partial charge < -0.3 is 0 Å². The fourth-order valence-electron chi connectivity index (χ4n) is 1.19. The lowest BCUT2D eigenvalue weighted by atomic mass is 10.1. The van der Waals surface area contributed by atoms with Crippen LogP contribution < -0.4 is 0 Å². The summed E-state index contributed by atoms with van der Waals surface area (Å²) in [6.07, 6.45) is 1.64. The maximum Gasteiger partial charge on any atom is 0.132 e. The molecule has 0 aliphatic heterocycles. The molecule has 3 heteroatoms. The summed E-state index contributed by atoms with van der Waals surface area (Å²) >= 11 is 3.32. The first-order valence-corrected chi connectivity index (χ1v) is 5.38. The highest BCUT2D eigenvalue weighted by molar-refractivity contribution is 9.10. The van der Waals surface area contributed by atoms with Crippen molar-refractivity contribution in [2.45, 2.75) is 26.2 Å². The molecule has 0 saturated carbocycles. The van der Waals surface area contributed by atoms with Gasteiger partial charge in [0.25, 0.3) is 0 Å². The summed E-state index contributed by atoms with van der Waals surface area (Å²) < 4.78 is 13.7. The third-order valence-electron chi connectivity index (χ3n) is 2.08. The lowest BCUT2D eigenvalue weighted by molar-refractivity contribution is -0.118. The number of aryl methyl sites for hydroxylation is 1. The largest absolute Gasteiger partial charge is 0.300 e. The average molecular weight is 259 g/mol. The first kappa shape index (κ1) is 11.4. The molecule has 0 amide bonds. The minimum Gasteiger partial charge on any atom is -0.300 e. The molecule has 0 heterocycles. The van der Waals surface area contributed by atoms with Crippen molar-refractivity contribution < 1.29 is 9.18 Å². The van der Waals surface area contributed by atoms with Crippen molar-refractivity contribution in [3.05, 3.63) is 34.1 Å². The second-order valence-electron chi connectivity index (χ2n) is 3.13. The van der Waals surface area contributed by atoms with E-state index < -0.39 is 0 Å². The topological polar surface area (TPSA) is 17.1 Å². The van der Waals surface area contributed by atoms with Gasteiger partial charge in [-0.25, -0.2) is 4.39 Å². The van der Waals surface area contributed by atoms with Gasteiger partial charge in [0.15, 0.2) is 0 Å². The van der Waals surface area contributed by atoms with E-state index in [-0.39, 0.29) is 11.6 Å². The Kier molecular flexibility index (Phi) is 4.26. The molecule has 0 aliphatic rings. The molecule has 0 bridgehead atoms. The summed E-state index contributed by atoms with van der Waals surface area (Å²) in [7, 11) is 0. The van der Waals surface area contributed by atoms with Crippen LogP contribution in [0.5, 0.6) is 0 Å². The van der Waals surface area contributed by atoms with Crippen LogP contribution in [0.2, 0.25) is 0 Å². The maximum atomic E-state index is 12.8. The first-order valence-electron chi connectivity index (χ1n) is 4.59. The van der Waals surface area contributed by atoms with Crippen molar-refractivity contribution in [1.29, 1.82) is 0 Å². The van der Waals surface area contributed by atoms with Gasteiger partial charge in [-0.1, -0.05) is 22.9 Å². The predicted molar refractivity (Wildman–Crippen MR) is 57.7 cm³/mol. The van der Waals surface area contributed by atoms with E-state index >= 15 is 0 Å². The van der Waals surface area contributed by atoms with Gasteiger partial charge >= 0.3 is 0 Å². The Morgan fingerprint density at radius 2 is 2.21 bits per heavy atom. The van der Waals surface area contributed by atoms with Crippen molar-refractivity contribution in [2.24, 2.45) is 0 Å². The smallest absolute Gasteiger partial charge is 0.132 e. The molecule has 0 aromatic heterocycles. The van der Waals surface area contributed by atoms with E-state index in [9.17, 15) is 9.18 Å². The van der Waals surface area contributed by atoms with E-state index in [2.05, 4.69) is 15.9 Å². The number of ketones is 1. The van der Waals surface area contributed by atoms with Crippen molar-refractivity contribution in [2.75, 3.05) is 0 Å². The molecule has 0 aliphatic carbocycles. The Labute approximate surface area is 91.5 Å². The zero-order chi connectivity index (χ0) is 10.6. The minimum absolute atomic E-state index is 0.209. The van der Waals surface area contributed by atoms with E-state index in [0.29, 0.717) is 19.3 Å². The molecule has 0 saturated heterocycles. The number of benzene rings is 1. The predicted octanol–water partition coefficient (Wildman–Crippen LogP) is 3.50. The van der Waals surface area contributed by atoms with Crippen LogP contribution in [0, 0.1) is 5.82 Å². The number of rotatable bonds is 4. The Bertz CT molecular complexity index is 336. The van der Waals surface area contributed by atoms with Gasteiger partial charge in [-0.05, 0) is 30.2 Å². The van der Waals surface area contributed by atoms with Crippen LogP contribution in [0.25, 0.3) is 0 Å². The lowest BCUT2D eigenvalue weighted by Crippen LogP contribution is -1.98. The van der Waals surface area contributed by atoms with Crippen molar-refractivity contribution >= 4 is 21.7 Å². The molecular weight excluding hydrogens is 247 g/mol. The summed E-state index contributed by atoms with van der Waals surface area (Å²) in [6.45, 7) is 1.84. The van der Waals surface area contributed by atoms with Crippen LogP contribution in [-0.4, -0.2) is 5.78 Å². The lowest BCUT2D eigenvalue weighted by Gasteiger charge is -2.03. The van der Waals surface area contributed by atoms with Crippen molar-refractivity contribution in [3.8, 4) is 0 Å². The fraction of sp³-hybridized carbons (Fsp3) is 0.364. The molecule has 0 spiro atoms. The molecular formula is C11H12BrFO. The van der Waals surface area contributed by atoms with Gasteiger partial charge in [-0.3, -0.25) is 4.79 Å². The minimum atomic E-state index is -0.257. The van der Waals surface area contributed by atoms with E-state index in [1.807, 2.05) is 6.92 Å². The molecule has 1 nitrogen and oxygen atoms in total. The van der Waals surface area contributed by atoms with Gasteiger partial charge in [-0.2, -0.15) is 0 Å². The Balaban J connectivity index is 2.66. The van der Waals surface area contributed by atoms with Crippen LogP contribution in [-0.2, 0) is 11.2 Å². The molecule has 0 radical (unpaired) electrons. The average Bonchev–Trinajstić information content (AvgIpc) is 2.19. The van der Waals surface area contributed by atoms with Gasteiger partial charge in [0.05, 0.1) is 0 Å². The van der Waals surface area contributed by atoms with E-state index in [4.69, 9.17) is 0 Å². The quantitative estimate of drug-likeness (QED) is 0.808. The van der Waals surface area contributed by atoms with Gasteiger partial charge in [0.1, 0.15) is 11.6 Å². The Morgan fingerprint density at radius 3 is 2.86 bits per heavy atom. The highest BCUT2D eigenvalue weighted by Crippen LogP contribution is 2.19. The molecule has 14 heavy (non-hydrogen) atoms. The van der Waals surface area contributed by atoms with Crippen molar-refractivity contribution in [3.63, 3.8) is 0 Å². The number of carbonyl (C=O) groups is 1. The fourth-order valence-corrected chi connectivity index (χ4v) is 1.63. The second-order valence-corrected chi connectivity index (χ2v) is 3.98. The number of carbonyl (C=O) groups excluding carboxylic acids is 1. The highest BCUT2D eigenvalue weighted by atomic mass is 79.9. The van der Waals surface area contributed by atoms with Crippen LogP contribution in [0.3, 0.4) is 0 Å². The summed E-state index contributed by atoms with van der Waals surface area (Å²) in [6, 6.07) is 4.53. The second kappa shape index (κ2) is 5.25. The number of hydrogen-bond donors (Lipinski definition) is 0. The third kappa shape index (κ3) is 3.22. The summed E-state index contributed by atoms with van der Waals surface area (Å²) in [5.74, 6) is -0.0479. The Hall–Kier alpha value is -0.700. The molecule has 1 rings (SSSR count). The van der Waals surface area contributed by atoms with Crippen molar-refractivity contribution in [1.82, 2.24) is 0 Å². The summed E-state index contributed by atoms with van der Waals surface area (Å²) in [5, 5.41) is 0. The summed E-state index contributed by atoms with van der Waals surface area (Å²) in [4.78, 5) is 11.1. The Morgan fingerprint density at radius 1 is 1.50 bits per heavy atom. The SMILES string of the molecule is CCC(=O)CCc1cc(F)ccc1Br. The van der Waals surface area contributed by atoms with Gasteiger partial charge in [0, 0.05) is 17.3 Å². The van der Waals surface area contributed by atoms with Crippen LogP contribution in [0.15, 0.2) is 22.7 Å². The van der Waals surface area contributed by atoms with Gasteiger partial charge in [-0.15, -0.1) is 0 Å². The highest BCUT2D eigenvalue weighted by Gasteiger charge is 2.04. The van der Waals surface area contributed by atoms with Crippen LogP contribution in [0.1, 0.15) is 25.3 Å². The number of Topliss-reactive ketones (excluding diaryl/α,β-unsaturated/α-hetero) is 1. The van der Waals surface area contributed by atoms with Crippen LogP contribution in [0.4, 0.5) is 4.39 Å². The molecule has 76 valence electrons. The molecule has 0 atom stereocenters. The molecule has 1 aromatic rings. The van der Waals surface area contributed by atoms with E-state index in [1.165, 1.54) is 12.1 Å². The molecule has 0 N–H and O–H groups in total. The van der Waals surface area contributed by atoms with E-state index in [1.54, 1.807) is 6.07 Å². The third-order valence-corrected chi connectivity index (χ3v) is 2.85. The maximum absolute atomic E-state index is 12.8. The molecule has 1 aromatic carbocycles. The van der Waals surface area contributed by atoms with E-state index in [0.717, 1.165) is 10.0 Å². The zero-order valence-corrected chi connectivity index (χ0v) is 9.60. The zero-order valence-electron chi connectivity index (χ0n) is 8.02. The summed E-state index contributed by atoms with van der Waals surface area (Å²) in [5.41, 5.74) is 0.854. The monoisotopic (exact) mass is 258 g/mol. The first-order chi connectivity index (χ1) is 6.63.